The third-order valence-electron chi connectivity index (χ3n) is 3.05. The number of likely N-dealkylation sites (tertiary alicyclic amines) is 1. The van der Waals surface area contributed by atoms with E-state index < -0.39 is 5.97 Å². The third kappa shape index (κ3) is 4.47. The molecule has 114 valence electrons. The number of hydrogen-bond donors (Lipinski definition) is 0. The Morgan fingerprint density at radius 3 is 2.76 bits per heavy atom. The zero-order valence-corrected chi connectivity index (χ0v) is 13.2. The van der Waals surface area contributed by atoms with E-state index in [1.165, 1.54) is 7.11 Å². The molecule has 0 atom stereocenters. The second kappa shape index (κ2) is 7.47. The predicted molar refractivity (Wildman–Crippen MR) is 83.0 cm³/mol. The van der Waals surface area contributed by atoms with Crippen LogP contribution in [0.25, 0.3) is 0 Å². The van der Waals surface area contributed by atoms with Gasteiger partial charge in [0.15, 0.2) is 6.61 Å². The molecule has 7 heteroatoms. The first-order valence-electron chi connectivity index (χ1n) is 6.56. The van der Waals surface area contributed by atoms with Gasteiger partial charge in [0.25, 0.3) is 5.17 Å². The van der Waals surface area contributed by atoms with Crippen LogP contribution in [0, 0.1) is 0 Å². The van der Waals surface area contributed by atoms with Crippen molar-refractivity contribution in [1.82, 2.24) is 4.90 Å². The Morgan fingerprint density at radius 2 is 2.10 bits per heavy atom. The van der Waals surface area contributed by atoms with Gasteiger partial charge in [-0.15, -0.1) is 0 Å². The lowest BCUT2D eigenvalue weighted by Crippen LogP contribution is -2.30. The maximum absolute atomic E-state index is 11.1. The zero-order valence-electron chi connectivity index (χ0n) is 11.6. The van der Waals surface area contributed by atoms with E-state index in [9.17, 15) is 4.79 Å². The van der Waals surface area contributed by atoms with Gasteiger partial charge in [0.05, 0.1) is 12.1 Å². The van der Waals surface area contributed by atoms with Gasteiger partial charge in [0.2, 0.25) is 0 Å². The number of carbonyl (C=O) groups excluding carboxylic acids is 1. The van der Waals surface area contributed by atoms with Gasteiger partial charge in [0, 0.05) is 19.2 Å². The third-order valence-corrected chi connectivity index (χ3v) is 3.70. The fourth-order valence-corrected chi connectivity index (χ4v) is 2.37. The van der Waals surface area contributed by atoms with E-state index in [0.29, 0.717) is 21.7 Å². The first-order valence-corrected chi connectivity index (χ1v) is 7.34. The second-order valence-corrected chi connectivity index (χ2v) is 5.28. The molecule has 0 bridgehead atoms. The van der Waals surface area contributed by atoms with E-state index in [1.807, 2.05) is 4.90 Å². The van der Waals surface area contributed by atoms with Gasteiger partial charge in [-0.25, -0.2) is 4.79 Å². The van der Waals surface area contributed by atoms with Gasteiger partial charge in [-0.2, -0.15) is 0 Å². The van der Waals surface area contributed by atoms with E-state index in [4.69, 9.17) is 33.3 Å². The van der Waals surface area contributed by atoms with E-state index in [1.54, 1.807) is 18.2 Å². The monoisotopic (exact) mass is 329 g/mol. The van der Waals surface area contributed by atoms with E-state index in [-0.39, 0.29) is 6.61 Å². The van der Waals surface area contributed by atoms with Crippen molar-refractivity contribution in [2.45, 2.75) is 12.8 Å². The average Bonchev–Trinajstić information content (AvgIpc) is 3.01. The van der Waals surface area contributed by atoms with E-state index >= 15 is 0 Å². The molecular weight excluding hydrogens is 314 g/mol. The lowest BCUT2D eigenvalue weighted by atomic mass is 10.3. The molecule has 1 heterocycles. The molecular formula is C14H16ClNO4S. The van der Waals surface area contributed by atoms with Crippen LogP contribution in [0.2, 0.25) is 5.02 Å². The fourth-order valence-electron chi connectivity index (χ4n) is 1.92. The summed E-state index contributed by atoms with van der Waals surface area (Å²) in [6, 6.07) is 4.94. The Kier molecular flexibility index (Phi) is 5.64. The van der Waals surface area contributed by atoms with Crippen molar-refractivity contribution in [2.24, 2.45) is 0 Å². The van der Waals surface area contributed by atoms with Crippen molar-refractivity contribution >= 4 is 35.0 Å². The molecule has 5 nitrogen and oxygen atoms in total. The molecule has 0 spiro atoms. The lowest BCUT2D eigenvalue weighted by molar-refractivity contribution is -0.142. The first kappa shape index (κ1) is 15.9. The summed E-state index contributed by atoms with van der Waals surface area (Å²) in [5.41, 5.74) is 0. The van der Waals surface area contributed by atoms with Crippen LogP contribution in [0.15, 0.2) is 18.2 Å². The standard InChI is InChI=1S/C14H16ClNO4S/c1-18-13(17)9-19-12-8-10(4-5-11(12)15)20-14(21)16-6-2-3-7-16/h4-5,8H,2-3,6-7,9H2,1H3. The molecule has 1 fully saturated rings. The molecule has 1 aliphatic heterocycles. The predicted octanol–water partition coefficient (Wildman–Crippen LogP) is 2.65. The van der Waals surface area contributed by atoms with Crippen LogP contribution in [-0.4, -0.2) is 42.8 Å². The molecule has 1 aliphatic rings. The van der Waals surface area contributed by atoms with Gasteiger partial charge in [-0.05, 0) is 37.2 Å². The van der Waals surface area contributed by atoms with Crippen molar-refractivity contribution < 1.29 is 19.0 Å². The van der Waals surface area contributed by atoms with Crippen LogP contribution in [0.3, 0.4) is 0 Å². The average molecular weight is 330 g/mol. The lowest BCUT2D eigenvalue weighted by Gasteiger charge is -2.18. The number of methoxy groups -OCH3 is 1. The molecule has 2 rings (SSSR count). The highest BCUT2D eigenvalue weighted by Crippen LogP contribution is 2.29. The zero-order chi connectivity index (χ0) is 15.2. The molecule has 0 amide bonds. The highest BCUT2D eigenvalue weighted by Gasteiger charge is 2.17. The number of halogens is 1. The Bertz CT molecular complexity index is 532. The van der Waals surface area contributed by atoms with Crippen LogP contribution in [0.1, 0.15) is 12.8 Å². The molecule has 1 aromatic carbocycles. The molecule has 0 radical (unpaired) electrons. The van der Waals surface area contributed by atoms with Crippen LogP contribution >= 0.6 is 23.8 Å². The number of hydrogen-bond acceptors (Lipinski definition) is 5. The molecule has 0 aromatic heterocycles. The summed E-state index contributed by atoms with van der Waals surface area (Å²) in [5.74, 6) is 0.393. The number of thiocarbonyl (C=S) groups is 1. The number of rotatable bonds is 4. The minimum absolute atomic E-state index is 0.212. The summed E-state index contributed by atoms with van der Waals surface area (Å²) in [6.07, 6.45) is 2.25. The largest absolute Gasteiger partial charge is 0.480 e. The van der Waals surface area contributed by atoms with Crippen LogP contribution in [0.4, 0.5) is 0 Å². The van der Waals surface area contributed by atoms with Gasteiger partial charge in [-0.3, -0.25) is 0 Å². The summed E-state index contributed by atoms with van der Waals surface area (Å²) >= 11 is 11.3. The minimum atomic E-state index is -0.482. The van der Waals surface area contributed by atoms with Gasteiger partial charge in [0.1, 0.15) is 11.5 Å². The maximum atomic E-state index is 11.1. The highest BCUT2D eigenvalue weighted by atomic mass is 35.5. The molecule has 0 N–H and O–H groups in total. The van der Waals surface area contributed by atoms with Crippen LogP contribution in [-0.2, 0) is 9.53 Å². The van der Waals surface area contributed by atoms with Crippen molar-refractivity contribution in [2.75, 3.05) is 26.8 Å². The summed E-state index contributed by atoms with van der Waals surface area (Å²) in [4.78, 5) is 13.1. The number of carbonyl (C=O) groups is 1. The first-order chi connectivity index (χ1) is 10.1. The van der Waals surface area contributed by atoms with Gasteiger partial charge in [-0.1, -0.05) is 11.6 Å². The molecule has 21 heavy (non-hydrogen) atoms. The van der Waals surface area contributed by atoms with Crippen molar-refractivity contribution in [3.63, 3.8) is 0 Å². The minimum Gasteiger partial charge on any atom is -0.480 e. The second-order valence-electron chi connectivity index (χ2n) is 4.52. The Labute approximate surface area is 133 Å². The maximum Gasteiger partial charge on any atom is 0.343 e. The molecule has 1 saturated heterocycles. The molecule has 1 aromatic rings. The van der Waals surface area contributed by atoms with Crippen molar-refractivity contribution in [1.29, 1.82) is 0 Å². The van der Waals surface area contributed by atoms with E-state index in [2.05, 4.69) is 4.74 Å². The summed E-state index contributed by atoms with van der Waals surface area (Å²) in [5, 5.41) is 0.826. The Hall–Kier alpha value is -1.53. The van der Waals surface area contributed by atoms with Crippen LogP contribution < -0.4 is 9.47 Å². The molecule has 0 saturated carbocycles. The van der Waals surface area contributed by atoms with Gasteiger partial charge >= 0.3 is 5.97 Å². The fraction of sp³-hybridized carbons (Fsp3) is 0.429. The summed E-state index contributed by atoms with van der Waals surface area (Å²) < 4.78 is 15.4. The molecule has 0 unspecified atom stereocenters. The van der Waals surface area contributed by atoms with E-state index in [0.717, 1.165) is 25.9 Å². The van der Waals surface area contributed by atoms with Crippen LogP contribution in [0.5, 0.6) is 11.5 Å². The SMILES string of the molecule is COC(=O)COc1cc(OC(=S)N2CCCC2)ccc1Cl. The molecule has 0 aliphatic carbocycles. The number of benzene rings is 1. The smallest absolute Gasteiger partial charge is 0.343 e. The number of nitrogens with zero attached hydrogens (tertiary/aromatic N) is 1. The van der Waals surface area contributed by atoms with Gasteiger partial charge < -0.3 is 19.1 Å². The highest BCUT2D eigenvalue weighted by molar-refractivity contribution is 7.80. The quantitative estimate of drug-likeness (QED) is 0.625. The topological polar surface area (TPSA) is 48.0 Å². The Balaban J connectivity index is 2.00. The summed E-state index contributed by atoms with van der Waals surface area (Å²) in [6.45, 7) is 1.62. The number of esters is 1. The Morgan fingerprint density at radius 1 is 1.38 bits per heavy atom. The number of ether oxygens (including phenoxy) is 3. The van der Waals surface area contributed by atoms with Crippen molar-refractivity contribution in [3.05, 3.63) is 23.2 Å². The van der Waals surface area contributed by atoms with Crippen molar-refractivity contribution in [3.8, 4) is 11.5 Å². The summed E-state index contributed by atoms with van der Waals surface area (Å²) in [7, 11) is 1.29. The normalized spacial score (nSPS) is 13.9.